The number of pyridine rings is 2. The van der Waals surface area contributed by atoms with Gasteiger partial charge in [-0.2, -0.15) is 0 Å². The van der Waals surface area contributed by atoms with Crippen LogP contribution in [0.25, 0.3) is 22.3 Å². The van der Waals surface area contributed by atoms with Gasteiger partial charge in [0, 0.05) is 54.6 Å². The molecule has 0 bridgehead atoms. The van der Waals surface area contributed by atoms with Gasteiger partial charge in [-0.05, 0) is 36.3 Å². The van der Waals surface area contributed by atoms with E-state index in [-0.39, 0.29) is 0 Å². The van der Waals surface area contributed by atoms with Crippen LogP contribution in [0.4, 0.5) is 5.82 Å². The van der Waals surface area contributed by atoms with E-state index < -0.39 is 0 Å². The molecule has 0 spiro atoms. The Kier molecular flexibility index (Phi) is 3.82. The molecule has 4 aromatic rings. The lowest BCUT2D eigenvalue weighted by atomic mass is 10.00. The van der Waals surface area contributed by atoms with E-state index in [4.69, 9.17) is 0 Å². The van der Waals surface area contributed by atoms with Crippen molar-refractivity contribution in [2.45, 2.75) is 6.42 Å². The zero-order valence-corrected chi connectivity index (χ0v) is 14.6. The summed E-state index contributed by atoms with van der Waals surface area (Å²) in [5.41, 5.74) is 5.37. The molecule has 0 saturated heterocycles. The lowest BCUT2D eigenvalue weighted by molar-refractivity contribution is 0.817. The summed E-state index contributed by atoms with van der Waals surface area (Å²) in [6, 6.07) is 8.16. The van der Waals surface area contributed by atoms with Crippen LogP contribution in [0.15, 0.2) is 67.8 Å². The van der Waals surface area contributed by atoms with E-state index in [9.17, 15) is 0 Å². The van der Waals surface area contributed by atoms with Crippen molar-refractivity contribution in [1.29, 1.82) is 0 Å². The van der Waals surface area contributed by atoms with Gasteiger partial charge < -0.3 is 4.90 Å². The second kappa shape index (κ2) is 6.60. The molecule has 7 nitrogen and oxygen atoms in total. The molecular formula is C20H17N7. The average molecular weight is 355 g/mol. The van der Waals surface area contributed by atoms with Crippen molar-refractivity contribution in [3.8, 4) is 11.1 Å². The molecule has 0 aromatic carbocycles. The molecular weight excluding hydrogens is 338 g/mol. The fourth-order valence-electron chi connectivity index (χ4n) is 3.52. The monoisotopic (exact) mass is 355 g/mol. The minimum Gasteiger partial charge on any atom is -0.352 e. The van der Waals surface area contributed by atoms with Crippen LogP contribution in [0.3, 0.4) is 0 Å². The highest BCUT2D eigenvalue weighted by Crippen LogP contribution is 2.31. The van der Waals surface area contributed by atoms with E-state index in [1.165, 1.54) is 5.57 Å². The highest BCUT2D eigenvalue weighted by molar-refractivity contribution is 5.79. The SMILES string of the molecule is C1=C(c2cccn3cnnc23)CCN(c2ncccc2-c2cncnc2)C1. The molecule has 27 heavy (non-hydrogen) atoms. The largest absolute Gasteiger partial charge is 0.352 e. The number of hydrogen-bond acceptors (Lipinski definition) is 6. The Bertz CT molecular complexity index is 1120. The molecule has 0 N–H and O–H groups in total. The summed E-state index contributed by atoms with van der Waals surface area (Å²) in [4.78, 5) is 15.2. The second-order valence-electron chi connectivity index (χ2n) is 6.41. The average Bonchev–Trinajstić information content (AvgIpc) is 3.24. The molecule has 0 radical (unpaired) electrons. The standard InChI is InChI=1S/C20H17N7/c1-3-18(16-11-21-13-22-12-16)19(23-7-1)26-9-5-15(6-10-26)17-4-2-8-27-14-24-25-20(17)27/h1-5,7-8,11-14H,6,9-10H2. The van der Waals surface area contributed by atoms with Crippen molar-refractivity contribution in [2.24, 2.45) is 0 Å². The Hall–Kier alpha value is -3.61. The van der Waals surface area contributed by atoms with Gasteiger partial charge in [-0.25, -0.2) is 15.0 Å². The molecule has 0 amide bonds. The highest BCUT2D eigenvalue weighted by atomic mass is 15.2. The van der Waals surface area contributed by atoms with Gasteiger partial charge in [-0.3, -0.25) is 4.40 Å². The third kappa shape index (κ3) is 2.83. The van der Waals surface area contributed by atoms with Crippen LogP contribution in [0.1, 0.15) is 12.0 Å². The first-order valence-corrected chi connectivity index (χ1v) is 8.83. The molecule has 1 aliphatic rings. The summed E-state index contributed by atoms with van der Waals surface area (Å²) >= 11 is 0. The fraction of sp³-hybridized carbons (Fsp3) is 0.150. The van der Waals surface area contributed by atoms with Gasteiger partial charge in [0.2, 0.25) is 0 Å². The summed E-state index contributed by atoms with van der Waals surface area (Å²) in [7, 11) is 0. The summed E-state index contributed by atoms with van der Waals surface area (Å²) in [5.74, 6) is 0.961. The molecule has 1 aliphatic heterocycles. The van der Waals surface area contributed by atoms with Gasteiger partial charge in [-0.15, -0.1) is 10.2 Å². The number of anilines is 1. The van der Waals surface area contributed by atoms with E-state index in [2.05, 4.69) is 48.3 Å². The fourth-order valence-corrected chi connectivity index (χ4v) is 3.52. The van der Waals surface area contributed by atoms with Gasteiger partial charge in [0.25, 0.3) is 0 Å². The van der Waals surface area contributed by atoms with Crippen molar-refractivity contribution < 1.29 is 0 Å². The Morgan fingerprint density at radius 1 is 1.00 bits per heavy atom. The van der Waals surface area contributed by atoms with Crippen LogP contribution in [-0.2, 0) is 0 Å². The first-order chi connectivity index (χ1) is 13.4. The van der Waals surface area contributed by atoms with Crippen LogP contribution in [0.2, 0.25) is 0 Å². The van der Waals surface area contributed by atoms with Crippen molar-refractivity contribution in [1.82, 2.24) is 29.5 Å². The van der Waals surface area contributed by atoms with Crippen LogP contribution < -0.4 is 4.90 Å². The predicted octanol–water partition coefficient (Wildman–Crippen LogP) is 2.88. The molecule has 5 heterocycles. The van der Waals surface area contributed by atoms with Gasteiger partial charge in [0.05, 0.1) is 0 Å². The first-order valence-electron chi connectivity index (χ1n) is 8.83. The minimum absolute atomic E-state index is 0.794. The van der Waals surface area contributed by atoms with Crippen molar-refractivity contribution in [3.63, 3.8) is 0 Å². The number of hydrogen-bond donors (Lipinski definition) is 0. The van der Waals surface area contributed by atoms with Crippen molar-refractivity contribution >= 4 is 17.0 Å². The third-order valence-electron chi connectivity index (χ3n) is 4.84. The predicted molar refractivity (Wildman–Crippen MR) is 103 cm³/mol. The Morgan fingerprint density at radius 2 is 1.89 bits per heavy atom. The van der Waals surface area contributed by atoms with E-state index in [1.807, 2.05) is 41.3 Å². The second-order valence-corrected chi connectivity index (χ2v) is 6.41. The maximum atomic E-state index is 4.63. The molecule has 0 saturated carbocycles. The van der Waals surface area contributed by atoms with Crippen LogP contribution >= 0.6 is 0 Å². The van der Waals surface area contributed by atoms with E-state index >= 15 is 0 Å². The van der Waals surface area contributed by atoms with Gasteiger partial charge in [-0.1, -0.05) is 6.08 Å². The molecule has 7 heteroatoms. The number of rotatable bonds is 3. The van der Waals surface area contributed by atoms with Gasteiger partial charge in [0.1, 0.15) is 18.5 Å². The Morgan fingerprint density at radius 3 is 2.74 bits per heavy atom. The Labute approximate surface area is 156 Å². The van der Waals surface area contributed by atoms with E-state index in [0.29, 0.717) is 0 Å². The quantitative estimate of drug-likeness (QED) is 0.563. The smallest absolute Gasteiger partial charge is 0.168 e. The maximum Gasteiger partial charge on any atom is 0.168 e. The first kappa shape index (κ1) is 15.6. The molecule has 0 unspecified atom stereocenters. The molecule has 0 aliphatic carbocycles. The number of fused-ring (bicyclic) bond motifs is 1. The Balaban J connectivity index is 1.47. The topological polar surface area (TPSA) is 72.1 Å². The van der Waals surface area contributed by atoms with Gasteiger partial charge in [0.15, 0.2) is 5.65 Å². The third-order valence-corrected chi connectivity index (χ3v) is 4.84. The zero-order chi connectivity index (χ0) is 18.1. The molecule has 0 fully saturated rings. The molecule has 4 aromatic heterocycles. The minimum atomic E-state index is 0.794. The summed E-state index contributed by atoms with van der Waals surface area (Å²) < 4.78 is 1.95. The van der Waals surface area contributed by atoms with E-state index in [0.717, 1.165) is 47.7 Å². The summed E-state index contributed by atoms with van der Waals surface area (Å²) in [5, 5.41) is 8.28. The maximum absolute atomic E-state index is 4.63. The lowest BCUT2D eigenvalue weighted by Gasteiger charge is -2.29. The highest BCUT2D eigenvalue weighted by Gasteiger charge is 2.19. The van der Waals surface area contributed by atoms with Gasteiger partial charge >= 0.3 is 0 Å². The summed E-state index contributed by atoms with van der Waals surface area (Å²) in [6.45, 7) is 1.68. The molecule has 132 valence electrons. The normalized spacial score (nSPS) is 14.4. The summed E-state index contributed by atoms with van der Waals surface area (Å²) in [6.07, 6.45) is 13.9. The van der Waals surface area contributed by atoms with Crippen LogP contribution in [0, 0.1) is 0 Å². The van der Waals surface area contributed by atoms with Crippen molar-refractivity contribution in [2.75, 3.05) is 18.0 Å². The zero-order valence-electron chi connectivity index (χ0n) is 14.6. The number of nitrogens with zero attached hydrogens (tertiary/aromatic N) is 7. The number of aromatic nitrogens is 6. The van der Waals surface area contributed by atoms with Crippen LogP contribution in [0.5, 0.6) is 0 Å². The van der Waals surface area contributed by atoms with Crippen LogP contribution in [-0.4, -0.2) is 42.6 Å². The lowest BCUT2D eigenvalue weighted by Crippen LogP contribution is -2.29. The molecule has 5 rings (SSSR count). The van der Waals surface area contributed by atoms with E-state index in [1.54, 1.807) is 12.7 Å². The molecule has 0 atom stereocenters. The van der Waals surface area contributed by atoms with Crippen molar-refractivity contribution in [3.05, 3.63) is 73.3 Å².